The smallest absolute Gasteiger partial charge is 0.266 e. The van der Waals surface area contributed by atoms with Gasteiger partial charge in [-0.05, 0) is 36.4 Å². The molecule has 0 fully saturated rings. The molecule has 0 unspecified atom stereocenters. The van der Waals surface area contributed by atoms with Crippen molar-refractivity contribution in [1.29, 1.82) is 0 Å². The van der Waals surface area contributed by atoms with E-state index < -0.39 is 15.8 Å². The molecule has 2 aromatic carbocycles. The fourth-order valence-corrected chi connectivity index (χ4v) is 2.97. The van der Waals surface area contributed by atoms with E-state index in [0.29, 0.717) is 5.84 Å². The quantitative estimate of drug-likeness (QED) is 0.534. The summed E-state index contributed by atoms with van der Waals surface area (Å²) in [5, 5.41) is 0. The number of hydrogen-bond acceptors (Lipinski definition) is 2. The largest absolute Gasteiger partial charge is 0.328 e. The van der Waals surface area contributed by atoms with E-state index in [2.05, 4.69) is 4.72 Å². The van der Waals surface area contributed by atoms with Gasteiger partial charge in [0, 0.05) is 0 Å². The molecule has 0 aliphatic heterocycles. The van der Waals surface area contributed by atoms with Crippen molar-refractivity contribution in [2.24, 2.45) is 0 Å². The first-order chi connectivity index (χ1) is 9.90. The Bertz CT molecular complexity index is 750. The molecule has 0 aliphatic carbocycles. The topological polar surface area (TPSA) is 49.2 Å². The first-order valence-corrected chi connectivity index (χ1v) is 7.76. The summed E-state index contributed by atoms with van der Waals surface area (Å²) in [6.45, 7) is 0. The van der Waals surface area contributed by atoms with Crippen molar-refractivity contribution in [3.8, 4) is 0 Å². The zero-order valence-electron chi connectivity index (χ0n) is 11.7. The number of benzene rings is 2. The summed E-state index contributed by atoms with van der Waals surface area (Å²) in [5.41, 5.74) is 0.744. The Balaban J connectivity index is 2.38. The van der Waals surface area contributed by atoms with E-state index in [1.165, 1.54) is 12.1 Å². The van der Waals surface area contributed by atoms with Gasteiger partial charge in [-0.25, -0.2) is 4.39 Å². The summed E-state index contributed by atoms with van der Waals surface area (Å²) in [4.78, 5) is 0.0131. The predicted molar refractivity (Wildman–Crippen MR) is 79.4 cm³/mol. The molecule has 1 N–H and O–H groups in total. The number of hydrogen-bond donors (Lipinski definition) is 1. The third-order valence-electron chi connectivity index (χ3n) is 2.85. The molecular formula is C15H16FN2O2S+. The number of nitrogens with zero attached hydrogens (tertiary/aromatic N) is 1. The average molecular weight is 307 g/mol. The maximum Gasteiger partial charge on any atom is 0.328 e. The molecule has 0 saturated heterocycles. The Kier molecular flexibility index (Phi) is 4.37. The van der Waals surface area contributed by atoms with Crippen molar-refractivity contribution in [3.05, 3.63) is 66.0 Å². The van der Waals surface area contributed by atoms with Crippen molar-refractivity contribution >= 4 is 15.9 Å². The second-order valence-electron chi connectivity index (χ2n) is 4.67. The Morgan fingerprint density at radius 2 is 1.57 bits per heavy atom. The van der Waals surface area contributed by atoms with E-state index in [0.717, 1.165) is 17.7 Å². The first-order valence-electron chi connectivity index (χ1n) is 6.28. The van der Waals surface area contributed by atoms with Gasteiger partial charge in [-0.15, -0.1) is 0 Å². The molecule has 2 rings (SSSR count). The second kappa shape index (κ2) is 6.05. The van der Waals surface area contributed by atoms with Crippen LogP contribution in [0.25, 0.3) is 0 Å². The molecule has 4 nitrogen and oxygen atoms in total. The van der Waals surface area contributed by atoms with Crippen molar-refractivity contribution in [1.82, 2.24) is 4.72 Å². The third kappa shape index (κ3) is 3.66. The lowest BCUT2D eigenvalue weighted by molar-refractivity contribution is -0.465. The van der Waals surface area contributed by atoms with Crippen LogP contribution in [0.2, 0.25) is 0 Å². The monoisotopic (exact) mass is 307 g/mol. The molecule has 0 atom stereocenters. The van der Waals surface area contributed by atoms with Gasteiger partial charge in [-0.2, -0.15) is 13.1 Å². The van der Waals surface area contributed by atoms with Gasteiger partial charge in [0.15, 0.2) is 0 Å². The Morgan fingerprint density at radius 1 is 1.00 bits per heavy atom. The van der Waals surface area contributed by atoms with Gasteiger partial charge in [-0.3, -0.25) is 4.58 Å². The van der Waals surface area contributed by atoms with Crippen LogP contribution in [-0.4, -0.2) is 32.9 Å². The van der Waals surface area contributed by atoms with E-state index in [1.54, 1.807) is 18.7 Å². The number of sulfonamides is 1. The van der Waals surface area contributed by atoms with Crippen LogP contribution in [0.5, 0.6) is 0 Å². The van der Waals surface area contributed by atoms with Crippen molar-refractivity contribution in [2.75, 3.05) is 14.1 Å². The highest BCUT2D eigenvalue weighted by Gasteiger charge is 2.24. The lowest BCUT2D eigenvalue weighted by Gasteiger charge is -2.07. The highest BCUT2D eigenvalue weighted by Crippen LogP contribution is 2.10. The van der Waals surface area contributed by atoms with Crippen LogP contribution >= 0.6 is 0 Å². The minimum absolute atomic E-state index is 0.0131. The van der Waals surface area contributed by atoms with E-state index in [-0.39, 0.29) is 4.90 Å². The fourth-order valence-electron chi connectivity index (χ4n) is 1.80. The van der Waals surface area contributed by atoms with Crippen LogP contribution in [0, 0.1) is 5.82 Å². The molecule has 2 aromatic rings. The molecule has 0 radical (unpaired) electrons. The molecule has 0 bridgehead atoms. The van der Waals surface area contributed by atoms with E-state index in [9.17, 15) is 12.8 Å². The molecule has 0 heterocycles. The molecule has 0 saturated carbocycles. The summed E-state index contributed by atoms with van der Waals surface area (Å²) in [7, 11) is -0.274. The van der Waals surface area contributed by atoms with Gasteiger partial charge in [-0.1, -0.05) is 18.2 Å². The highest BCUT2D eigenvalue weighted by molar-refractivity contribution is 7.90. The zero-order valence-corrected chi connectivity index (χ0v) is 12.6. The van der Waals surface area contributed by atoms with E-state index in [1.807, 2.05) is 30.3 Å². The van der Waals surface area contributed by atoms with Crippen LogP contribution in [0.4, 0.5) is 4.39 Å². The summed E-state index contributed by atoms with van der Waals surface area (Å²) >= 11 is 0. The summed E-state index contributed by atoms with van der Waals surface area (Å²) in [6, 6.07) is 13.8. The lowest BCUT2D eigenvalue weighted by atomic mass is 10.2. The molecule has 0 spiro atoms. The average Bonchev–Trinajstić information content (AvgIpc) is 2.46. The van der Waals surface area contributed by atoms with Crippen molar-refractivity contribution in [2.45, 2.75) is 4.90 Å². The Labute approximate surface area is 123 Å². The fraction of sp³-hybridized carbons (Fsp3) is 0.133. The van der Waals surface area contributed by atoms with Crippen LogP contribution < -0.4 is 4.72 Å². The summed E-state index contributed by atoms with van der Waals surface area (Å²) < 4.78 is 41.8. The number of amidine groups is 1. The molecule has 0 aliphatic rings. The molecular weight excluding hydrogens is 291 g/mol. The normalized spacial score (nSPS) is 11.0. The highest BCUT2D eigenvalue weighted by atomic mass is 32.2. The Hall–Kier alpha value is -2.21. The van der Waals surface area contributed by atoms with Crippen LogP contribution in [0.1, 0.15) is 5.56 Å². The van der Waals surface area contributed by atoms with E-state index >= 15 is 0 Å². The molecule has 0 aromatic heterocycles. The van der Waals surface area contributed by atoms with Crippen LogP contribution in [0.15, 0.2) is 59.5 Å². The number of rotatable bonds is 3. The SMILES string of the molecule is C[N+](C)=C(NS(=O)(=O)c1ccc(F)cc1)c1ccccc1. The molecule has 6 heteroatoms. The molecule has 110 valence electrons. The summed E-state index contributed by atoms with van der Waals surface area (Å²) in [5.74, 6) is -0.0336. The van der Waals surface area contributed by atoms with Crippen LogP contribution in [0.3, 0.4) is 0 Å². The number of halogens is 1. The second-order valence-corrected chi connectivity index (χ2v) is 6.35. The van der Waals surface area contributed by atoms with Gasteiger partial charge in [0.1, 0.15) is 10.7 Å². The maximum absolute atomic E-state index is 12.9. The Morgan fingerprint density at radius 3 is 2.10 bits per heavy atom. The summed E-state index contributed by atoms with van der Waals surface area (Å²) in [6.07, 6.45) is 0. The van der Waals surface area contributed by atoms with Gasteiger partial charge in [0.05, 0.1) is 19.7 Å². The standard InChI is InChI=1S/C15H15FN2O2S/c1-18(2)15(12-6-4-3-5-7-12)17-21(19,20)14-10-8-13(16)9-11-14/h3-11H,1-2H3/p+1. The molecule has 21 heavy (non-hydrogen) atoms. The van der Waals surface area contributed by atoms with Gasteiger partial charge >= 0.3 is 10.0 Å². The third-order valence-corrected chi connectivity index (χ3v) is 4.20. The van der Waals surface area contributed by atoms with Crippen molar-refractivity contribution in [3.63, 3.8) is 0 Å². The minimum atomic E-state index is -3.76. The van der Waals surface area contributed by atoms with Gasteiger partial charge in [0.25, 0.3) is 5.84 Å². The number of nitrogens with one attached hydrogen (secondary N) is 1. The predicted octanol–water partition coefficient (Wildman–Crippen LogP) is 1.82. The van der Waals surface area contributed by atoms with Crippen LogP contribution in [-0.2, 0) is 10.0 Å². The first kappa shape index (κ1) is 15.2. The minimum Gasteiger partial charge on any atom is -0.266 e. The van der Waals surface area contributed by atoms with E-state index in [4.69, 9.17) is 0 Å². The zero-order chi connectivity index (χ0) is 15.5. The molecule has 0 amide bonds. The van der Waals surface area contributed by atoms with Gasteiger partial charge in [0.2, 0.25) is 0 Å². The van der Waals surface area contributed by atoms with Gasteiger partial charge < -0.3 is 0 Å². The lowest BCUT2D eigenvalue weighted by Crippen LogP contribution is -2.36. The van der Waals surface area contributed by atoms with Crippen molar-refractivity contribution < 1.29 is 17.4 Å². The maximum atomic E-state index is 12.9.